The molecule has 2 aromatic rings. The van der Waals surface area contributed by atoms with Crippen molar-refractivity contribution in [2.45, 2.75) is 12.8 Å². The lowest BCUT2D eigenvalue weighted by Gasteiger charge is -2.26. The van der Waals surface area contributed by atoms with Gasteiger partial charge in [0.1, 0.15) is 12.4 Å². The van der Waals surface area contributed by atoms with Gasteiger partial charge in [-0.05, 0) is 53.0 Å². The van der Waals surface area contributed by atoms with Crippen LogP contribution in [0, 0.1) is 0 Å². The van der Waals surface area contributed by atoms with E-state index in [0.717, 1.165) is 56.1 Å². The van der Waals surface area contributed by atoms with Crippen molar-refractivity contribution in [1.29, 1.82) is 0 Å². The molecule has 170 valence electrons. The van der Waals surface area contributed by atoms with Crippen LogP contribution in [0.4, 0.5) is 0 Å². The van der Waals surface area contributed by atoms with Crippen LogP contribution in [0.2, 0.25) is 0 Å². The lowest BCUT2D eigenvalue weighted by molar-refractivity contribution is -0.121. The van der Waals surface area contributed by atoms with Gasteiger partial charge >= 0.3 is 0 Å². The summed E-state index contributed by atoms with van der Waals surface area (Å²) < 4.78 is 11.1. The molecule has 1 aliphatic carbocycles. The zero-order valence-electron chi connectivity index (χ0n) is 18.7. The molecule has 0 N–H and O–H groups in total. The lowest BCUT2D eigenvalue weighted by Crippen LogP contribution is -2.38. The maximum atomic E-state index is 12.2. The van der Waals surface area contributed by atoms with Crippen molar-refractivity contribution >= 4 is 29.8 Å². The van der Waals surface area contributed by atoms with Gasteiger partial charge in [-0.1, -0.05) is 54.6 Å². The Bertz CT molecular complexity index is 1060. The Labute approximate surface area is 195 Å². The molecule has 5 heteroatoms. The fourth-order valence-corrected chi connectivity index (χ4v) is 3.84. The second kappa shape index (κ2) is 11.5. The van der Waals surface area contributed by atoms with Gasteiger partial charge in [-0.25, -0.2) is 0 Å². The topological polar surface area (TPSA) is 55.8 Å². The molecule has 4 rings (SSSR count). The Morgan fingerprint density at radius 1 is 0.939 bits per heavy atom. The first-order valence-electron chi connectivity index (χ1n) is 11.4. The zero-order chi connectivity index (χ0) is 22.9. The number of ketones is 2. The third-order valence-electron chi connectivity index (χ3n) is 5.73. The van der Waals surface area contributed by atoms with Gasteiger partial charge in [0.25, 0.3) is 0 Å². The van der Waals surface area contributed by atoms with Crippen molar-refractivity contribution in [2.75, 3.05) is 39.5 Å². The van der Waals surface area contributed by atoms with Gasteiger partial charge in [-0.2, -0.15) is 0 Å². The Morgan fingerprint density at radius 3 is 2.39 bits per heavy atom. The van der Waals surface area contributed by atoms with Gasteiger partial charge < -0.3 is 9.47 Å². The number of nitrogens with zero attached hydrogens (tertiary/aromatic N) is 1. The highest BCUT2D eigenvalue weighted by atomic mass is 16.5. The molecule has 0 amide bonds. The van der Waals surface area contributed by atoms with Crippen molar-refractivity contribution in [3.8, 4) is 5.75 Å². The number of hydrogen-bond donors (Lipinski definition) is 0. The van der Waals surface area contributed by atoms with Gasteiger partial charge in [-0.15, -0.1) is 0 Å². The van der Waals surface area contributed by atoms with Gasteiger partial charge in [0.15, 0.2) is 11.6 Å². The summed E-state index contributed by atoms with van der Waals surface area (Å²) in [4.78, 5) is 26.6. The quantitative estimate of drug-likeness (QED) is 0.407. The SMILES string of the molecule is O=C(/C=C/c1ccc(OCCN2CCOCC2)cc1)CC(=O)/C=C/c1ccc2c(c1)CC=C2. The smallest absolute Gasteiger partial charge is 0.163 e. The number of rotatable bonds is 10. The van der Waals surface area contributed by atoms with E-state index in [1.165, 1.54) is 23.3 Å². The van der Waals surface area contributed by atoms with Crippen LogP contribution >= 0.6 is 0 Å². The van der Waals surface area contributed by atoms with Crippen LogP contribution < -0.4 is 4.74 Å². The molecule has 33 heavy (non-hydrogen) atoms. The number of morpholine rings is 1. The van der Waals surface area contributed by atoms with Gasteiger partial charge in [-0.3, -0.25) is 14.5 Å². The Kier molecular flexibility index (Phi) is 8.01. The third-order valence-corrected chi connectivity index (χ3v) is 5.73. The number of benzene rings is 2. The van der Waals surface area contributed by atoms with Gasteiger partial charge in [0.05, 0.1) is 19.6 Å². The predicted octanol–water partition coefficient (Wildman–Crippen LogP) is 4.22. The molecule has 0 spiro atoms. The summed E-state index contributed by atoms with van der Waals surface area (Å²) in [5, 5.41) is 0. The molecule has 0 radical (unpaired) electrons. The van der Waals surface area contributed by atoms with E-state index in [2.05, 4.69) is 29.2 Å². The van der Waals surface area contributed by atoms with Crippen LogP contribution in [0.25, 0.3) is 18.2 Å². The van der Waals surface area contributed by atoms with Crippen molar-refractivity contribution in [1.82, 2.24) is 4.90 Å². The maximum Gasteiger partial charge on any atom is 0.163 e. The largest absolute Gasteiger partial charge is 0.492 e. The predicted molar refractivity (Wildman–Crippen MR) is 131 cm³/mol. The van der Waals surface area contributed by atoms with Crippen molar-refractivity contribution < 1.29 is 19.1 Å². The molecule has 1 fully saturated rings. The van der Waals surface area contributed by atoms with E-state index in [9.17, 15) is 9.59 Å². The molecule has 1 heterocycles. The molecule has 0 saturated carbocycles. The average Bonchev–Trinajstić information content (AvgIpc) is 3.31. The van der Waals surface area contributed by atoms with Crippen LogP contribution in [0.15, 0.2) is 60.7 Å². The standard InChI is InChI=1S/C28H29NO4/c30-26(21-27(31)11-6-23-4-9-24-2-1-3-25(24)20-23)10-5-22-7-12-28(13-8-22)33-19-16-29-14-17-32-18-15-29/h1-2,4-13,20H,3,14-19,21H2/b10-5+,11-6+. The summed E-state index contributed by atoms with van der Waals surface area (Å²) in [6.07, 6.45) is 11.5. The van der Waals surface area contributed by atoms with Crippen LogP contribution in [0.3, 0.4) is 0 Å². The second-order valence-corrected chi connectivity index (χ2v) is 8.21. The number of hydrogen-bond acceptors (Lipinski definition) is 5. The maximum absolute atomic E-state index is 12.2. The van der Waals surface area contributed by atoms with E-state index in [1.807, 2.05) is 30.3 Å². The molecule has 2 aromatic carbocycles. The van der Waals surface area contributed by atoms with Crippen molar-refractivity contribution in [3.63, 3.8) is 0 Å². The normalized spacial score (nSPS) is 15.9. The first kappa shape index (κ1) is 22.9. The minimum absolute atomic E-state index is 0.137. The molecule has 0 bridgehead atoms. The summed E-state index contributed by atoms with van der Waals surface area (Å²) in [5.41, 5.74) is 4.35. The molecule has 5 nitrogen and oxygen atoms in total. The highest BCUT2D eigenvalue weighted by Gasteiger charge is 2.10. The highest BCUT2D eigenvalue weighted by Crippen LogP contribution is 2.21. The molecule has 1 aliphatic heterocycles. The molecule has 2 aliphatic rings. The van der Waals surface area contributed by atoms with E-state index < -0.39 is 0 Å². The Balaban J connectivity index is 1.19. The van der Waals surface area contributed by atoms with Gasteiger partial charge in [0.2, 0.25) is 0 Å². The number of fused-ring (bicyclic) bond motifs is 1. The first-order valence-corrected chi connectivity index (χ1v) is 11.4. The summed E-state index contributed by atoms with van der Waals surface area (Å²) in [6.45, 7) is 4.98. The highest BCUT2D eigenvalue weighted by molar-refractivity contribution is 6.10. The molecule has 0 atom stereocenters. The van der Waals surface area contributed by atoms with E-state index in [0.29, 0.717) is 6.61 Å². The zero-order valence-corrected chi connectivity index (χ0v) is 18.7. The van der Waals surface area contributed by atoms with Crippen LogP contribution in [0.1, 0.15) is 28.7 Å². The Morgan fingerprint density at radius 2 is 1.64 bits per heavy atom. The summed E-state index contributed by atoms with van der Waals surface area (Å²) in [6, 6.07) is 13.7. The number of allylic oxidation sites excluding steroid dienone is 3. The van der Waals surface area contributed by atoms with E-state index in [-0.39, 0.29) is 18.0 Å². The first-order chi connectivity index (χ1) is 16.2. The number of carbonyl (C=O) groups excluding carboxylic acids is 2. The molecule has 1 saturated heterocycles. The Hall–Kier alpha value is -3.28. The number of carbonyl (C=O) groups is 2. The number of ether oxygens (including phenoxy) is 2. The van der Waals surface area contributed by atoms with E-state index in [1.54, 1.807) is 12.2 Å². The second-order valence-electron chi connectivity index (χ2n) is 8.21. The van der Waals surface area contributed by atoms with Crippen LogP contribution in [-0.2, 0) is 20.7 Å². The van der Waals surface area contributed by atoms with Crippen LogP contribution in [-0.4, -0.2) is 55.9 Å². The summed E-state index contributed by atoms with van der Waals surface area (Å²) in [5.74, 6) is 0.385. The molecule has 0 aromatic heterocycles. The minimum atomic E-state index is -0.214. The fraction of sp³-hybridized carbons (Fsp3) is 0.286. The third kappa shape index (κ3) is 7.11. The average molecular weight is 444 g/mol. The monoisotopic (exact) mass is 443 g/mol. The lowest BCUT2D eigenvalue weighted by atomic mass is 10.0. The molecular formula is C28H29NO4. The van der Waals surface area contributed by atoms with Crippen molar-refractivity contribution in [2.24, 2.45) is 0 Å². The van der Waals surface area contributed by atoms with E-state index >= 15 is 0 Å². The minimum Gasteiger partial charge on any atom is -0.492 e. The van der Waals surface area contributed by atoms with E-state index in [4.69, 9.17) is 9.47 Å². The van der Waals surface area contributed by atoms with Gasteiger partial charge in [0, 0.05) is 19.6 Å². The summed E-state index contributed by atoms with van der Waals surface area (Å²) in [7, 11) is 0. The van der Waals surface area contributed by atoms with Crippen molar-refractivity contribution in [3.05, 3.63) is 82.9 Å². The summed E-state index contributed by atoms with van der Waals surface area (Å²) >= 11 is 0. The molecule has 0 unspecified atom stereocenters. The van der Waals surface area contributed by atoms with Crippen LogP contribution in [0.5, 0.6) is 5.75 Å². The molecular weight excluding hydrogens is 414 g/mol. The fourth-order valence-electron chi connectivity index (χ4n) is 3.84.